The molecule has 1 aliphatic heterocycles. The van der Waals surface area contributed by atoms with Crippen molar-refractivity contribution in [2.45, 2.75) is 18.9 Å². The summed E-state index contributed by atoms with van der Waals surface area (Å²) in [6, 6.07) is 7.93. The van der Waals surface area contributed by atoms with E-state index in [0.717, 1.165) is 0 Å². The molecule has 0 fully saturated rings. The summed E-state index contributed by atoms with van der Waals surface area (Å²) in [7, 11) is 2.94. The summed E-state index contributed by atoms with van der Waals surface area (Å²) in [6.07, 6.45) is -0.913. The Kier molecular flexibility index (Phi) is 4.90. The second-order valence-electron chi connectivity index (χ2n) is 5.92. The third-order valence-corrected chi connectivity index (χ3v) is 4.30. The van der Waals surface area contributed by atoms with Crippen LogP contribution in [-0.4, -0.2) is 37.0 Å². The van der Waals surface area contributed by atoms with Gasteiger partial charge in [0.05, 0.1) is 32.8 Å². The lowest BCUT2D eigenvalue weighted by atomic mass is 9.86. The molecule has 0 amide bonds. The normalized spacial score (nSPS) is 18.5. The van der Waals surface area contributed by atoms with E-state index in [1.165, 1.54) is 27.2 Å². The minimum absolute atomic E-state index is 0.0771. The number of carbonyl (C=O) groups excluding carboxylic acids is 1. The van der Waals surface area contributed by atoms with E-state index in [1.54, 1.807) is 24.3 Å². The highest BCUT2D eigenvalue weighted by molar-refractivity contribution is 5.69. The van der Waals surface area contributed by atoms with Gasteiger partial charge in [-0.1, -0.05) is 6.07 Å². The van der Waals surface area contributed by atoms with Crippen molar-refractivity contribution < 1.29 is 34.0 Å². The van der Waals surface area contributed by atoms with Gasteiger partial charge in [0.15, 0.2) is 11.5 Å². The fourth-order valence-electron chi connectivity index (χ4n) is 3.06. The van der Waals surface area contributed by atoms with Crippen LogP contribution < -0.4 is 18.9 Å². The zero-order valence-corrected chi connectivity index (χ0v) is 14.7. The highest BCUT2D eigenvalue weighted by Crippen LogP contribution is 2.47. The van der Waals surface area contributed by atoms with E-state index < -0.39 is 18.0 Å². The van der Waals surface area contributed by atoms with Crippen molar-refractivity contribution in [2.75, 3.05) is 20.8 Å². The standard InChI is InChI=1S/C19H20O7/c1-10(20)26-11-4-5-12(16(6-11)23-2)14-9-25-17-8-18(24-3)15(21)7-13(17)19(14)22/h4-8,14,19,21-22H,9H2,1-3H3. The average Bonchev–Trinajstić information content (AvgIpc) is 2.62. The molecular weight excluding hydrogens is 340 g/mol. The van der Waals surface area contributed by atoms with Gasteiger partial charge in [0.2, 0.25) is 0 Å². The second-order valence-corrected chi connectivity index (χ2v) is 5.92. The maximum absolute atomic E-state index is 11.1. The summed E-state index contributed by atoms with van der Waals surface area (Å²) in [5, 5.41) is 20.8. The first-order chi connectivity index (χ1) is 12.4. The molecule has 2 aromatic carbocycles. The fraction of sp³-hybridized carbons (Fsp3) is 0.316. The minimum atomic E-state index is -0.913. The average molecular weight is 360 g/mol. The van der Waals surface area contributed by atoms with E-state index in [-0.39, 0.29) is 18.1 Å². The van der Waals surface area contributed by atoms with Crippen molar-refractivity contribution in [1.29, 1.82) is 0 Å². The van der Waals surface area contributed by atoms with Gasteiger partial charge in [-0.05, 0) is 12.1 Å². The molecule has 0 spiro atoms. The number of hydrogen-bond acceptors (Lipinski definition) is 7. The van der Waals surface area contributed by atoms with Gasteiger partial charge < -0.3 is 29.2 Å². The third-order valence-electron chi connectivity index (χ3n) is 4.30. The zero-order valence-electron chi connectivity index (χ0n) is 14.7. The molecule has 2 N–H and O–H groups in total. The molecule has 0 radical (unpaired) electrons. The van der Waals surface area contributed by atoms with Crippen molar-refractivity contribution in [3.63, 3.8) is 0 Å². The Hall–Kier alpha value is -2.93. The molecule has 0 aliphatic carbocycles. The van der Waals surface area contributed by atoms with Gasteiger partial charge in [0, 0.05) is 30.2 Å². The smallest absolute Gasteiger partial charge is 0.308 e. The summed E-state index contributed by atoms with van der Waals surface area (Å²) < 4.78 is 21.3. The van der Waals surface area contributed by atoms with E-state index in [2.05, 4.69) is 0 Å². The van der Waals surface area contributed by atoms with E-state index in [1.807, 2.05) is 0 Å². The lowest BCUT2D eigenvalue weighted by Crippen LogP contribution is -2.24. The number of aliphatic hydroxyl groups is 1. The van der Waals surface area contributed by atoms with Crippen molar-refractivity contribution in [3.8, 4) is 28.7 Å². The predicted octanol–water partition coefficient (Wildman–Crippen LogP) is 2.54. The molecule has 0 saturated carbocycles. The molecule has 7 nitrogen and oxygen atoms in total. The van der Waals surface area contributed by atoms with Gasteiger partial charge in [-0.3, -0.25) is 4.79 Å². The molecular formula is C19H20O7. The number of phenolic OH excluding ortho intramolecular Hbond substituents is 1. The van der Waals surface area contributed by atoms with Gasteiger partial charge in [-0.25, -0.2) is 0 Å². The minimum Gasteiger partial charge on any atom is -0.504 e. The van der Waals surface area contributed by atoms with Crippen LogP contribution in [0.15, 0.2) is 30.3 Å². The summed E-state index contributed by atoms with van der Waals surface area (Å²) in [5.74, 6) is 0.629. The molecule has 138 valence electrons. The van der Waals surface area contributed by atoms with Crippen molar-refractivity contribution in [1.82, 2.24) is 0 Å². The van der Waals surface area contributed by atoms with Crippen LogP contribution in [0.4, 0.5) is 0 Å². The number of rotatable bonds is 4. The van der Waals surface area contributed by atoms with Crippen LogP contribution in [0.25, 0.3) is 0 Å². The maximum Gasteiger partial charge on any atom is 0.308 e. The number of esters is 1. The molecule has 0 bridgehead atoms. The summed E-state index contributed by atoms with van der Waals surface area (Å²) in [6.45, 7) is 1.53. The highest BCUT2D eigenvalue weighted by Gasteiger charge is 2.33. The van der Waals surface area contributed by atoms with Crippen LogP contribution in [0.1, 0.15) is 30.1 Å². The van der Waals surface area contributed by atoms with Crippen LogP contribution in [-0.2, 0) is 4.79 Å². The Morgan fingerprint density at radius 2 is 1.85 bits per heavy atom. The van der Waals surface area contributed by atoms with E-state index in [9.17, 15) is 15.0 Å². The predicted molar refractivity (Wildman–Crippen MR) is 92.2 cm³/mol. The van der Waals surface area contributed by atoms with Crippen LogP contribution in [0, 0.1) is 0 Å². The second kappa shape index (κ2) is 7.13. The van der Waals surface area contributed by atoms with Gasteiger partial charge >= 0.3 is 5.97 Å². The quantitative estimate of drug-likeness (QED) is 0.639. The first-order valence-electron chi connectivity index (χ1n) is 8.02. The molecule has 0 aromatic heterocycles. The Labute approximate surface area is 150 Å². The fourth-order valence-corrected chi connectivity index (χ4v) is 3.06. The van der Waals surface area contributed by atoms with Crippen LogP contribution in [0.2, 0.25) is 0 Å². The zero-order chi connectivity index (χ0) is 18.8. The van der Waals surface area contributed by atoms with E-state index in [4.69, 9.17) is 18.9 Å². The van der Waals surface area contributed by atoms with Gasteiger partial charge in [-0.2, -0.15) is 0 Å². The molecule has 26 heavy (non-hydrogen) atoms. The van der Waals surface area contributed by atoms with Crippen LogP contribution >= 0.6 is 0 Å². The van der Waals surface area contributed by atoms with Crippen LogP contribution in [0.3, 0.4) is 0 Å². The topological polar surface area (TPSA) is 94.5 Å². The molecule has 1 aliphatic rings. The summed E-state index contributed by atoms with van der Waals surface area (Å²) in [4.78, 5) is 11.1. The first kappa shape index (κ1) is 17.9. The Balaban J connectivity index is 1.96. The number of ether oxygens (including phenoxy) is 4. The number of aliphatic hydroxyl groups excluding tert-OH is 1. The molecule has 2 unspecified atom stereocenters. The highest BCUT2D eigenvalue weighted by atomic mass is 16.5. The van der Waals surface area contributed by atoms with Gasteiger partial charge in [0.1, 0.15) is 17.2 Å². The number of fused-ring (bicyclic) bond motifs is 1. The number of methoxy groups -OCH3 is 2. The van der Waals surface area contributed by atoms with E-state index >= 15 is 0 Å². The molecule has 7 heteroatoms. The molecule has 2 atom stereocenters. The Morgan fingerprint density at radius 3 is 2.50 bits per heavy atom. The molecule has 0 saturated heterocycles. The maximum atomic E-state index is 11.1. The van der Waals surface area contributed by atoms with Crippen molar-refractivity contribution >= 4 is 5.97 Å². The SMILES string of the molecule is COc1cc2c(cc1O)C(O)C(c1ccc(OC(C)=O)cc1OC)CO2. The molecule has 2 aromatic rings. The van der Waals surface area contributed by atoms with Crippen molar-refractivity contribution in [3.05, 3.63) is 41.5 Å². The summed E-state index contributed by atoms with van der Waals surface area (Å²) >= 11 is 0. The monoisotopic (exact) mass is 360 g/mol. The van der Waals surface area contributed by atoms with Crippen molar-refractivity contribution in [2.24, 2.45) is 0 Å². The number of aromatic hydroxyl groups is 1. The summed E-state index contributed by atoms with van der Waals surface area (Å²) in [5.41, 5.74) is 1.17. The number of benzene rings is 2. The first-order valence-corrected chi connectivity index (χ1v) is 8.02. The third kappa shape index (κ3) is 3.25. The van der Waals surface area contributed by atoms with Gasteiger partial charge in [-0.15, -0.1) is 0 Å². The molecule has 1 heterocycles. The lowest BCUT2D eigenvalue weighted by Gasteiger charge is -2.31. The largest absolute Gasteiger partial charge is 0.504 e. The number of phenols is 1. The lowest BCUT2D eigenvalue weighted by molar-refractivity contribution is -0.131. The van der Waals surface area contributed by atoms with E-state index in [0.29, 0.717) is 28.4 Å². The number of carbonyl (C=O) groups is 1. The Bertz CT molecular complexity index is 831. The van der Waals surface area contributed by atoms with Crippen LogP contribution in [0.5, 0.6) is 28.7 Å². The Morgan fingerprint density at radius 1 is 1.12 bits per heavy atom. The number of hydrogen-bond donors (Lipinski definition) is 2. The molecule has 3 rings (SSSR count). The van der Waals surface area contributed by atoms with Gasteiger partial charge in [0.25, 0.3) is 0 Å².